The van der Waals surface area contributed by atoms with Gasteiger partial charge in [-0.05, 0) is 11.6 Å². The molecule has 2 aromatic carbocycles. The molecule has 3 nitrogen and oxygen atoms in total. The molecular formula is C16H16N2O. The molecule has 3 rings (SSSR count). The Balaban J connectivity index is 2.06. The molecule has 3 heteroatoms. The number of para-hydroxylation sites is 1. The number of fused-ring (bicyclic) bond motifs is 1. The molecule has 1 atom stereocenters. The van der Waals surface area contributed by atoms with Gasteiger partial charge in [-0.2, -0.15) is 0 Å². The van der Waals surface area contributed by atoms with Gasteiger partial charge in [-0.25, -0.2) is 0 Å². The van der Waals surface area contributed by atoms with Crippen molar-refractivity contribution >= 4 is 11.5 Å². The summed E-state index contributed by atoms with van der Waals surface area (Å²) in [5.41, 5.74) is 1.52. The van der Waals surface area contributed by atoms with Crippen LogP contribution in [0.25, 0.3) is 0 Å². The third-order valence-electron chi connectivity index (χ3n) is 3.74. The highest BCUT2D eigenvalue weighted by Gasteiger charge is 2.45. The fourth-order valence-corrected chi connectivity index (χ4v) is 2.71. The largest absolute Gasteiger partial charge is 0.377 e. The van der Waals surface area contributed by atoms with Gasteiger partial charge in [-0.15, -0.1) is 0 Å². The molecule has 0 bridgehead atoms. The summed E-state index contributed by atoms with van der Waals surface area (Å²) in [5.74, 6) is 0.234. The predicted molar refractivity (Wildman–Crippen MR) is 76.6 cm³/mol. The van der Waals surface area contributed by atoms with Crippen LogP contribution >= 0.6 is 0 Å². The summed E-state index contributed by atoms with van der Waals surface area (Å²) in [5, 5.41) is 19.2. The first-order chi connectivity index (χ1) is 9.13. The molecule has 1 aliphatic rings. The Morgan fingerprint density at radius 3 is 2.42 bits per heavy atom. The van der Waals surface area contributed by atoms with E-state index in [1.54, 1.807) is 4.90 Å². The number of rotatable bonds is 2. The highest BCUT2D eigenvalue weighted by Crippen LogP contribution is 2.41. The number of likely N-dealkylation sites (N-methyl/N-ethyl adjacent to an activating group) is 1. The molecule has 0 saturated carbocycles. The lowest BCUT2D eigenvalue weighted by Gasteiger charge is -2.24. The molecule has 0 aromatic heterocycles. The van der Waals surface area contributed by atoms with Crippen LogP contribution in [0, 0.1) is 5.41 Å². The van der Waals surface area contributed by atoms with Crippen molar-refractivity contribution in [2.45, 2.75) is 12.0 Å². The molecule has 96 valence electrons. The van der Waals surface area contributed by atoms with E-state index in [2.05, 4.69) is 0 Å². The van der Waals surface area contributed by atoms with Gasteiger partial charge in [0.25, 0.3) is 0 Å². The van der Waals surface area contributed by atoms with Gasteiger partial charge in [0.1, 0.15) is 5.84 Å². The Kier molecular flexibility index (Phi) is 2.64. The van der Waals surface area contributed by atoms with Crippen molar-refractivity contribution in [3.05, 3.63) is 65.7 Å². The molecule has 0 saturated heterocycles. The zero-order valence-corrected chi connectivity index (χ0v) is 10.8. The average Bonchev–Trinajstić information content (AvgIpc) is 2.63. The lowest BCUT2D eigenvalue weighted by molar-refractivity contribution is 0.114. The van der Waals surface area contributed by atoms with Crippen molar-refractivity contribution in [3.63, 3.8) is 0 Å². The second-order valence-electron chi connectivity index (χ2n) is 4.95. The molecule has 2 N–H and O–H groups in total. The van der Waals surface area contributed by atoms with E-state index in [1.807, 2.05) is 61.6 Å². The number of benzene rings is 2. The smallest absolute Gasteiger partial charge is 0.153 e. The molecule has 0 radical (unpaired) electrons. The Morgan fingerprint density at radius 1 is 1.05 bits per heavy atom. The third-order valence-corrected chi connectivity index (χ3v) is 3.74. The van der Waals surface area contributed by atoms with Crippen LogP contribution in [0.15, 0.2) is 54.6 Å². The Bertz CT molecular complexity index is 624. The topological polar surface area (TPSA) is 47.3 Å². The van der Waals surface area contributed by atoms with E-state index in [0.29, 0.717) is 6.42 Å². The van der Waals surface area contributed by atoms with Gasteiger partial charge in [0.05, 0.1) is 0 Å². The first-order valence-electron chi connectivity index (χ1n) is 6.31. The van der Waals surface area contributed by atoms with Crippen LogP contribution in [-0.4, -0.2) is 18.0 Å². The summed E-state index contributed by atoms with van der Waals surface area (Å²) in [7, 11) is 1.82. The number of anilines is 1. The van der Waals surface area contributed by atoms with Gasteiger partial charge in [-0.3, -0.25) is 5.41 Å². The number of amidine groups is 1. The molecule has 2 aromatic rings. The van der Waals surface area contributed by atoms with Gasteiger partial charge >= 0.3 is 0 Å². The highest BCUT2D eigenvalue weighted by molar-refractivity contribution is 6.08. The van der Waals surface area contributed by atoms with Gasteiger partial charge < -0.3 is 10.0 Å². The van der Waals surface area contributed by atoms with Crippen molar-refractivity contribution in [2.24, 2.45) is 0 Å². The number of hydrogen-bond donors (Lipinski definition) is 2. The molecule has 1 aliphatic heterocycles. The van der Waals surface area contributed by atoms with Gasteiger partial charge in [0, 0.05) is 24.7 Å². The Hall–Kier alpha value is -2.13. The minimum absolute atomic E-state index is 0.234. The fourth-order valence-electron chi connectivity index (χ4n) is 2.71. The van der Waals surface area contributed by atoms with Crippen LogP contribution in [0.1, 0.15) is 11.1 Å². The van der Waals surface area contributed by atoms with Crippen LogP contribution in [0.3, 0.4) is 0 Å². The van der Waals surface area contributed by atoms with Gasteiger partial charge in [0.2, 0.25) is 0 Å². The minimum atomic E-state index is -1.23. The maximum Gasteiger partial charge on any atom is 0.153 e. The first kappa shape index (κ1) is 11.9. The number of nitrogens with one attached hydrogen (secondary N) is 1. The maximum absolute atomic E-state index is 11.0. The lowest BCUT2D eigenvalue weighted by atomic mass is 9.88. The normalized spacial score (nSPS) is 21.6. The van der Waals surface area contributed by atoms with E-state index >= 15 is 0 Å². The van der Waals surface area contributed by atoms with Crippen molar-refractivity contribution in [2.75, 3.05) is 11.9 Å². The van der Waals surface area contributed by atoms with E-state index in [4.69, 9.17) is 5.41 Å². The van der Waals surface area contributed by atoms with Crippen LogP contribution < -0.4 is 4.90 Å². The molecule has 1 heterocycles. The summed E-state index contributed by atoms with van der Waals surface area (Å²) in [4.78, 5) is 1.75. The summed E-state index contributed by atoms with van der Waals surface area (Å²) in [6, 6.07) is 17.5. The van der Waals surface area contributed by atoms with Crippen molar-refractivity contribution in [1.29, 1.82) is 5.41 Å². The lowest BCUT2D eigenvalue weighted by Crippen LogP contribution is -2.39. The Labute approximate surface area is 112 Å². The maximum atomic E-state index is 11.0. The quantitative estimate of drug-likeness (QED) is 0.863. The highest BCUT2D eigenvalue weighted by atomic mass is 16.3. The molecular weight excluding hydrogens is 236 g/mol. The van der Waals surface area contributed by atoms with Gasteiger partial charge in [0.15, 0.2) is 5.60 Å². The summed E-state index contributed by atoms with van der Waals surface area (Å²) >= 11 is 0. The molecule has 0 unspecified atom stereocenters. The van der Waals surface area contributed by atoms with E-state index in [9.17, 15) is 5.11 Å². The van der Waals surface area contributed by atoms with Crippen LogP contribution in [0.2, 0.25) is 0 Å². The average molecular weight is 252 g/mol. The van der Waals surface area contributed by atoms with Crippen molar-refractivity contribution < 1.29 is 5.11 Å². The first-order valence-corrected chi connectivity index (χ1v) is 6.31. The monoisotopic (exact) mass is 252 g/mol. The third kappa shape index (κ3) is 1.74. The fraction of sp³-hybridized carbons (Fsp3) is 0.188. The molecule has 0 fully saturated rings. The molecule has 0 amide bonds. The van der Waals surface area contributed by atoms with Crippen LogP contribution in [0.4, 0.5) is 5.69 Å². The van der Waals surface area contributed by atoms with E-state index in [-0.39, 0.29) is 5.84 Å². The van der Waals surface area contributed by atoms with Gasteiger partial charge in [-0.1, -0.05) is 48.5 Å². The minimum Gasteiger partial charge on any atom is -0.377 e. The van der Waals surface area contributed by atoms with Crippen molar-refractivity contribution in [1.82, 2.24) is 0 Å². The number of aliphatic hydroxyl groups is 1. The molecule has 19 heavy (non-hydrogen) atoms. The zero-order valence-electron chi connectivity index (χ0n) is 10.8. The van der Waals surface area contributed by atoms with Crippen LogP contribution in [0.5, 0.6) is 0 Å². The number of hydrogen-bond acceptors (Lipinski definition) is 2. The van der Waals surface area contributed by atoms with E-state index < -0.39 is 5.60 Å². The summed E-state index contributed by atoms with van der Waals surface area (Å²) < 4.78 is 0. The SMILES string of the molecule is CN1C(=N)[C@](O)(Cc2ccccc2)c2ccccc21. The molecule has 0 aliphatic carbocycles. The van der Waals surface area contributed by atoms with Crippen molar-refractivity contribution in [3.8, 4) is 0 Å². The second-order valence-corrected chi connectivity index (χ2v) is 4.95. The summed E-state index contributed by atoms with van der Waals surface area (Å²) in [6.07, 6.45) is 0.425. The zero-order chi connectivity index (χ0) is 13.5. The van der Waals surface area contributed by atoms with E-state index in [1.165, 1.54) is 0 Å². The summed E-state index contributed by atoms with van der Waals surface area (Å²) in [6.45, 7) is 0. The molecule has 0 spiro atoms. The van der Waals surface area contributed by atoms with E-state index in [0.717, 1.165) is 16.8 Å². The standard InChI is InChI=1S/C16H16N2O/c1-18-14-10-6-5-9-13(14)16(19,15(18)17)11-12-7-3-2-4-8-12/h2-10,17,19H,11H2,1H3/t16-/m0/s1. The Morgan fingerprint density at radius 2 is 1.68 bits per heavy atom. The predicted octanol–water partition coefficient (Wildman–Crippen LogP) is 2.54. The second kappa shape index (κ2) is 4.21. The number of nitrogens with zero attached hydrogens (tertiary/aromatic N) is 1. The van der Waals surface area contributed by atoms with Crippen LogP contribution in [-0.2, 0) is 12.0 Å².